The van der Waals surface area contributed by atoms with Gasteiger partial charge in [-0.2, -0.15) is 0 Å². The number of Topliss-reactive ketones (excluding diaryl/α,β-unsaturated/α-hetero) is 1. The van der Waals surface area contributed by atoms with Gasteiger partial charge in [0.1, 0.15) is 5.02 Å². The molecule has 0 radical (unpaired) electrons. The molecule has 1 aromatic carbocycles. The third-order valence-electron chi connectivity index (χ3n) is 2.08. The number of nitrogens with zero attached hydrogens (tertiary/aromatic N) is 1. The van der Waals surface area contributed by atoms with Gasteiger partial charge in [-0.15, -0.1) is 0 Å². The maximum absolute atomic E-state index is 12.0. The Hall–Kier alpha value is -1.20. The van der Waals surface area contributed by atoms with Crippen LogP contribution in [0.2, 0.25) is 10.0 Å². The van der Waals surface area contributed by atoms with Crippen LogP contribution in [0.4, 0.5) is 10.1 Å². The number of ketones is 1. The van der Waals surface area contributed by atoms with Crippen molar-refractivity contribution in [2.45, 2.75) is 12.8 Å². The first-order valence-electron chi connectivity index (χ1n) is 4.70. The fourth-order valence-corrected chi connectivity index (χ4v) is 1.94. The summed E-state index contributed by atoms with van der Waals surface area (Å²) in [5.41, 5.74) is -0.504. The van der Waals surface area contributed by atoms with Gasteiger partial charge in [-0.25, -0.2) is 0 Å². The summed E-state index contributed by atoms with van der Waals surface area (Å²) >= 11 is 11.5. The molecule has 0 fully saturated rings. The quantitative estimate of drug-likeness (QED) is 0.467. The van der Waals surface area contributed by atoms with Crippen LogP contribution in [-0.4, -0.2) is 17.4 Å². The molecule has 0 spiro atoms. The van der Waals surface area contributed by atoms with Crippen LogP contribution in [0, 0.1) is 10.1 Å². The lowest BCUT2D eigenvalue weighted by Crippen LogP contribution is -2.03. The third-order valence-corrected chi connectivity index (χ3v) is 2.78. The lowest BCUT2D eigenvalue weighted by Gasteiger charge is -2.05. The van der Waals surface area contributed by atoms with Gasteiger partial charge in [0.15, 0.2) is 5.78 Å². The van der Waals surface area contributed by atoms with Gasteiger partial charge >= 0.3 is 0 Å². The molecule has 7 heteroatoms. The molecular formula is C10H8Cl2FNO3. The zero-order valence-electron chi connectivity index (χ0n) is 8.58. The highest BCUT2D eigenvalue weighted by Gasteiger charge is 2.22. The number of hydrogen-bond donors (Lipinski definition) is 0. The highest BCUT2D eigenvalue weighted by Crippen LogP contribution is 2.34. The van der Waals surface area contributed by atoms with Gasteiger partial charge in [0, 0.05) is 12.5 Å². The minimum atomic E-state index is -0.704. The van der Waals surface area contributed by atoms with Gasteiger partial charge in [0.2, 0.25) is 0 Å². The van der Waals surface area contributed by atoms with E-state index in [4.69, 9.17) is 23.2 Å². The van der Waals surface area contributed by atoms with Crippen LogP contribution in [0.5, 0.6) is 0 Å². The van der Waals surface area contributed by atoms with Gasteiger partial charge < -0.3 is 0 Å². The number of halogens is 3. The average Bonchev–Trinajstić information content (AvgIpc) is 2.25. The maximum Gasteiger partial charge on any atom is 0.288 e. The number of carbonyl (C=O) groups excluding carboxylic acids is 1. The number of benzene rings is 1. The van der Waals surface area contributed by atoms with Gasteiger partial charge in [0.25, 0.3) is 5.69 Å². The summed E-state index contributed by atoms with van der Waals surface area (Å²) in [7, 11) is 0. The van der Waals surface area contributed by atoms with Crippen LogP contribution in [0.15, 0.2) is 12.1 Å². The van der Waals surface area contributed by atoms with Crippen molar-refractivity contribution in [1.29, 1.82) is 0 Å². The van der Waals surface area contributed by atoms with Crippen LogP contribution in [-0.2, 0) is 0 Å². The number of nitro benzene ring substituents is 1. The van der Waals surface area contributed by atoms with Crippen LogP contribution in [0.3, 0.4) is 0 Å². The third kappa shape index (κ3) is 3.14. The molecule has 1 aromatic rings. The molecule has 4 nitrogen and oxygen atoms in total. The number of hydrogen-bond acceptors (Lipinski definition) is 3. The fourth-order valence-electron chi connectivity index (χ4n) is 1.29. The second-order valence-corrected chi connectivity index (χ2v) is 4.01. The molecule has 0 bridgehead atoms. The highest BCUT2D eigenvalue weighted by atomic mass is 35.5. The van der Waals surface area contributed by atoms with E-state index >= 15 is 0 Å². The fraction of sp³-hybridized carbons (Fsp3) is 0.300. The monoisotopic (exact) mass is 279 g/mol. The lowest BCUT2D eigenvalue weighted by molar-refractivity contribution is -0.384. The van der Waals surface area contributed by atoms with Gasteiger partial charge in [-0.1, -0.05) is 23.2 Å². The first-order chi connectivity index (χ1) is 7.99. The zero-order valence-corrected chi connectivity index (χ0v) is 10.1. The van der Waals surface area contributed by atoms with Gasteiger partial charge in [0.05, 0.1) is 22.2 Å². The van der Waals surface area contributed by atoms with Crippen LogP contribution in [0.1, 0.15) is 23.2 Å². The van der Waals surface area contributed by atoms with Gasteiger partial charge in [-0.05, 0) is 12.5 Å². The minimum absolute atomic E-state index is 0.0319. The molecule has 0 saturated heterocycles. The van der Waals surface area contributed by atoms with Gasteiger partial charge in [-0.3, -0.25) is 19.3 Å². The van der Waals surface area contributed by atoms with Crippen molar-refractivity contribution in [1.82, 2.24) is 0 Å². The number of alkyl halides is 1. The Morgan fingerprint density at radius 3 is 2.59 bits per heavy atom. The summed E-state index contributed by atoms with van der Waals surface area (Å²) in [6.45, 7) is -0.643. The molecule has 17 heavy (non-hydrogen) atoms. The lowest BCUT2D eigenvalue weighted by atomic mass is 10.1. The van der Waals surface area contributed by atoms with E-state index in [1.807, 2.05) is 0 Å². The topological polar surface area (TPSA) is 60.2 Å². The van der Waals surface area contributed by atoms with E-state index in [1.165, 1.54) is 6.07 Å². The predicted octanol–water partition coefficient (Wildman–Crippen LogP) is 3.83. The van der Waals surface area contributed by atoms with E-state index in [0.29, 0.717) is 0 Å². The predicted molar refractivity (Wildman–Crippen MR) is 62.7 cm³/mol. The molecule has 92 valence electrons. The smallest absolute Gasteiger partial charge is 0.288 e. The van der Waals surface area contributed by atoms with E-state index in [1.54, 1.807) is 0 Å². The standard InChI is InChI=1S/C10H8Cl2FNO3/c11-6-3-4-7(14(16)17)10(12)9(6)8(15)2-1-5-13/h3-4H,1-2,5H2. The SMILES string of the molecule is O=C(CCCF)c1c(Cl)ccc([N+](=O)[O-])c1Cl. The molecule has 0 aliphatic carbocycles. The molecule has 0 amide bonds. The van der Waals surface area contributed by atoms with E-state index in [2.05, 4.69) is 0 Å². The van der Waals surface area contributed by atoms with Crippen molar-refractivity contribution >= 4 is 34.7 Å². The van der Waals surface area contributed by atoms with Crippen LogP contribution in [0.25, 0.3) is 0 Å². The Bertz CT molecular complexity index is 465. The van der Waals surface area contributed by atoms with Crippen molar-refractivity contribution in [3.63, 3.8) is 0 Å². The summed E-state index contributed by atoms with van der Waals surface area (Å²) < 4.78 is 12.0. The second kappa shape index (κ2) is 5.93. The first kappa shape index (κ1) is 13.9. The maximum atomic E-state index is 12.0. The van der Waals surface area contributed by atoms with Crippen molar-refractivity contribution < 1.29 is 14.1 Å². The zero-order chi connectivity index (χ0) is 13.0. The Kier molecular flexibility index (Phi) is 4.84. The van der Waals surface area contributed by atoms with Crippen LogP contribution < -0.4 is 0 Å². The Labute approximate surface area is 106 Å². The first-order valence-corrected chi connectivity index (χ1v) is 5.46. The molecule has 0 aliphatic rings. The number of rotatable bonds is 5. The number of nitro groups is 1. The second-order valence-electron chi connectivity index (χ2n) is 3.23. The molecule has 0 heterocycles. The molecule has 0 aromatic heterocycles. The summed E-state index contributed by atoms with van der Waals surface area (Å²) in [5.74, 6) is -0.499. The van der Waals surface area contributed by atoms with Crippen molar-refractivity contribution in [2.24, 2.45) is 0 Å². The van der Waals surface area contributed by atoms with E-state index < -0.39 is 17.4 Å². The van der Waals surface area contributed by atoms with Crippen molar-refractivity contribution in [3.8, 4) is 0 Å². The molecule has 1 rings (SSSR count). The molecular weight excluding hydrogens is 272 g/mol. The molecule has 0 unspecified atom stereocenters. The summed E-state index contributed by atoms with van der Waals surface area (Å²) in [6, 6.07) is 2.35. The number of carbonyl (C=O) groups is 1. The largest absolute Gasteiger partial charge is 0.294 e. The summed E-state index contributed by atoms with van der Waals surface area (Å²) in [4.78, 5) is 21.6. The van der Waals surface area contributed by atoms with E-state index in [-0.39, 0.29) is 34.1 Å². The summed E-state index contributed by atoms with van der Waals surface area (Å²) in [6.07, 6.45) is -0.0503. The molecule has 0 aliphatic heterocycles. The summed E-state index contributed by atoms with van der Waals surface area (Å²) in [5, 5.41) is 10.4. The van der Waals surface area contributed by atoms with E-state index in [0.717, 1.165) is 6.07 Å². The Morgan fingerprint density at radius 1 is 1.41 bits per heavy atom. The Balaban J connectivity index is 3.18. The average molecular weight is 280 g/mol. The van der Waals surface area contributed by atoms with Crippen LogP contribution >= 0.6 is 23.2 Å². The normalized spacial score (nSPS) is 10.3. The minimum Gasteiger partial charge on any atom is -0.294 e. The van der Waals surface area contributed by atoms with Crippen molar-refractivity contribution in [2.75, 3.05) is 6.67 Å². The van der Waals surface area contributed by atoms with E-state index in [9.17, 15) is 19.3 Å². The molecule has 0 N–H and O–H groups in total. The Morgan fingerprint density at radius 2 is 2.06 bits per heavy atom. The highest BCUT2D eigenvalue weighted by molar-refractivity contribution is 6.41. The molecule has 0 atom stereocenters. The molecule has 0 saturated carbocycles. The van der Waals surface area contributed by atoms with Crippen molar-refractivity contribution in [3.05, 3.63) is 37.9 Å².